The van der Waals surface area contributed by atoms with E-state index in [1.54, 1.807) is 0 Å². The summed E-state index contributed by atoms with van der Waals surface area (Å²) in [5.74, 6) is 0.518. The number of benzene rings is 2. The Morgan fingerprint density at radius 1 is 0.500 bits per heavy atom. The summed E-state index contributed by atoms with van der Waals surface area (Å²) in [5, 5.41) is 21.9. The van der Waals surface area contributed by atoms with Crippen LogP contribution in [0, 0.1) is 0 Å². The molecule has 0 saturated heterocycles. The number of phenolic OH excluding ortho intramolecular Hbond substituents is 2. The van der Waals surface area contributed by atoms with Gasteiger partial charge in [0.15, 0.2) is 0 Å². The quantitative estimate of drug-likeness (QED) is 0.581. The van der Waals surface area contributed by atoms with E-state index in [-0.39, 0.29) is 33.2 Å². The van der Waals surface area contributed by atoms with Gasteiger partial charge in [-0.25, -0.2) is 0 Å². The summed E-state index contributed by atoms with van der Waals surface area (Å²) in [6.07, 6.45) is 2.10. The van der Waals surface area contributed by atoms with E-state index in [1.807, 2.05) is 12.1 Å². The lowest BCUT2D eigenvalue weighted by Gasteiger charge is -2.22. The van der Waals surface area contributed by atoms with Crippen molar-refractivity contribution in [3.63, 3.8) is 0 Å². The maximum Gasteiger partial charge on any atom is 0.123 e. The summed E-state index contributed by atoms with van der Waals surface area (Å²) in [6, 6.07) is 8.10. The van der Waals surface area contributed by atoms with Crippen molar-refractivity contribution in [2.45, 2.75) is 89.9 Å². The van der Waals surface area contributed by atoms with Crippen LogP contribution in [-0.2, 0) is 21.7 Å². The van der Waals surface area contributed by atoms with Gasteiger partial charge in [0.05, 0.1) is 0 Å². The highest BCUT2D eigenvalue weighted by atomic mass is 16.3. The number of hydrogen-bond acceptors (Lipinski definition) is 2. The van der Waals surface area contributed by atoms with Crippen molar-refractivity contribution in [3.05, 3.63) is 46.5 Å². The maximum absolute atomic E-state index is 10.9. The van der Waals surface area contributed by atoms with Gasteiger partial charge in [-0.15, -0.1) is 0 Å². The number of aromatic hydroxyl groups is 2. The molecule has 0 heterocycles. The molecule has 2 heteroatoms. The fraction of sp³-hybridized carbons (Fsp3) is 0.538. The van der Waals surface area contributed by atoms with Crippen molar-refractivity contribution in [1.29, 1.82) is 0 Å². The molecule has 4 rings (SSSR count). The van der Waals surface area contributed by atoms with Crippen LogP contribution in [0.15, 0.2) is 24.3 Å². The van der Waals surface area contributed by atoms with Crippen molar-refractivity contribution in [1.82, 2.24) is 0 Å². The van der Waals surface area contributed by atoms with E-state index in [0.29, 0.717) is 0 Å². The molecule has 2 N–H and O–H groups in total. The monoisotopic (exact) mass is 378 g/mol. The zero-order valence-electron chi connectivity index (χ0n) is 18.6. The van der Waals surface area contributed by atoms with Crippen LogP contribution in [0.1, 0.15) is 90.5 Å². The van der Waals surface area contributed by atoms with Crippen LogP contribution in [0.4, 0.5) is 0 Å². The van der Waals surface area contributed by atoms with Gasteiger partial charge in [-0.2, -0.15) is 0 Å². The van der Waals surface area contributed by atoms with E-state index < -0.39 is 0 Å². The van der Waals surface area contributed by atoms with Crippen LogP contribution < -0.4 is 0 Å². The summed E-state index contributed by atoms with van der Waals surface area (Å²) in [5.41, 5.74) is 6.68. The van der Waals surface area contributed by atoms with Crippen molar-refractivity contribution in [2.24, 2.45) is 0 Å². The third-order valence-corrected chi connectivity index (χ3v) is 7.25. The Hall–Kier alpha value is -1.96. The van der Waals surface area contributed by atoms with Gasteiger partial charge in [0.2, 0.25) is 0 Å². The molecule has 2 aromatic carbocycles. The Morgan fingerprint density at radius 2 is 0.750 bits per heavy atom. The van der Waals surface area contributed by atoms with Crippen LogP contribution >= 0.6 is 0 Å². The third-order valence-electron chi connectivity index (χ3n) is 7.25. The maximum atomic E-state index is 10.9. The number of hydrogen-bond donors (Lipinski definition) is 2. The normalized spacial score (nSPS) is 22.7. The first kappa shape index (κ1) is 19.4. The van der Waals surface area contributed by atoms with E-state index in [1.165, 1.54) is 22.3 Å². The summed E-state index contributed by atoms with van der Waals surface area (Å²) >= 11 is 0. The predicted octanol–water partition coefficient (Wildman–Crippen LogP) is 6.68. The lowest BCUT2D eigenvalue weighted by molar-refractivity contribution is 0.402. The van der Waals surface area contributed by atoms with Gasteiger partial charge < -0.3 is 10.2 Å². The average Bonchev–Trinajstić information content (AvgIpc) is 2.80. The number of fused-ring (bicyclic) bond motifs is 2. The van der Waals surface area contributed by atoms with Gasteiger partial charge in [-0.3, -0.25) is 0 Å². The Morgan fingerprint density at radius 3 is 1.04 bits per heavy atom. The second kappa shape index (κ2) is 5.34. The van der Waals surface area contributed by atoms with Crippen LogP contribution in [0.5, 0.6) is 11.5 Å². The molecule has 0 spiro atoms. The fourth-order valence-electron chi connectivity index (χ4n) is 6.44. The molecule has 0 atom stereocenters. The summed E-state index contributed by atoms with van der Waals surface area (Å²) in [7, 11) is 0. The molecular formula is C26H34O2. The molecule has 0 unspecified atom stereocenters. The smallest absolute Gasteiger partial charge is 0.123 e. The molecule has 150 valence electrons. The molecule has 2 nitrogen and oxygen atoms in total. The van der Waals surface area contributed by atoms with Crippen molar-refractivity contribution >= 4 is 0 Å². The molecular weight excluding hydrogens is 344 g/mol. The molecule has 28 heavy (non-hydrogen) atoms. The number of rotatable bonds is 1. The summed E-state index contributed by atoms with van der Waals surface area (Å²) < 4.78 is 0. The molecule has 0 fully saturated rings. The van der Waals surface area contributed by atoms with Crippen LogP contribution in [0.25, 0.3) is 11.1 Å². The Balaban J connectivity index is 1.96. The number of phenols is 2. The molecule has 0 bridgehead atoms. The standard InChI is InChI=1S/C26H34O2/c1-23(2)13-25(5,6)19-11-21(27)15(9-17(19)23)16-10-18-20(12-22(16)28)26(7,8)14-24(18,3)4/h9-12,27-28H,13-14H2,1-8H3. The summed E-state index contributed by atoms with van der Waals surface area (Å²) in [4.78, 5) is 0. The van der Waals surface area contributed by atoms with Crippen LogP contribution in [0.3, 0.4) is 0 Å². The average molecular weight is 379 g/mol. The molecule has 0 amide bonds. The molecule has 2 aliphatic carbocycles. The highest BCUT2D eigenvalue weighted by Crippen LogP contribution is 2.55. The lowest BCUT2D eigenvalue weighted by Crippen LogP contribution is -2.18. The van der Waals surface area contributed by atoms with Gasteiger partial charge in [0.1, 0.15) is 11.5 Å². The Bertz CT molecular complexity index is 908. The largest absolute Gasteiger partial charge is 0.507 e. The second-order valence-corrected chi connectivity index (χ2v) is 11.7. The molecule has 2 aromatic rings. The zero-order valence-corrected chi connectivity index (χ0v) is 18.6. The first-order valence-corrected chi connectivity index (χ1v) is 10.4. The van der Waals surface area contributed by atoms with Gasteiger partial charge in [-0.05, 0) is 81.0 Å². The van der Waals surface area contributed by atoms with Crippen molar-refractivity contribution in [2.75, 3.05) is 0 Å². The van der Waals surface area contributed by atoms with E-state index in [2.05, 4.69) is 67.5 Å². The first-order valence-electron chi connectivity index (χ1n) is 10.4. The SMILES string of the molecule is CC1(C)CC(C)(C)c2cc(-c3cc4c(cc3O)C(C)(C)CC4(C)C)c(O)cc21. The van der Waals surface area contributed by atoms with Crippen molar-refractivity contribution in [3.8, 4) is 22.6 Å². The molecule has 2 aliphatic rings. The van der Waals surface area contributed by atoms with E-state index in [4.69, 9.17) is 0 Å². The fourth-order valence-corrected chi connectivity index (χ4v) is 6.44. The van der Waals surface area contributed by atoms with Gasteiger partial charge >= 0.3 is 0 Å². The molecule has 0 aromatic heterocycles. The third kappa shape index (κ3) is 2.60. The minimum Gasteiger partial charge on any atom is -0.507 e. The highest BCUT2D eigenvalue weighted by Gasteiger charge is 2.44. The highest BCUT2D eigenvalue weighted by molar-refractivity contribution is 5.79. The van der Waals surface area contributed by atoms with Crippen LogP contribution in [-0.4, -0.2) is 10.2 Å². The predicted molar refractivity (Wildman–Crippen MR) is 117 cm³/mol. The Kier molecular flexibility index (Phi) is 3.69. The van der Waals surface area contributed by atoms with E-state index in [0.717, 1.165) is 24.0 Å². The van der Waals surface area contributed by atoms with Gasteiger partial charge in [0, 0.05) is 11.1 Å². The molecule has 0 aliphatic heterocycles. The first-order chi connectivity index (χ1) is 12.7. The topological polar surface area (TPSA) is 40.5 Å². The molecule has 0 radical (unpaired) electrons. The van der Waals surface area contributed by atoms with Gasteiger partial charge in [-0.1, -0.05) is 55.4 Å². The second-order valence-electron chi connectivity index (χ2n) is 11.7. The minimum atomic E-state index is 0.0425. The van der Waals surface area contributed by atoms with E-state index in [9.17, 15) is 10.2 Å². The Labute approximate surface area is 169 Å². The summed E-state index contributed by atoms with van der Waals surface area (Å²) in [6.45, 7) is 18.1. The van der Waals surface area contributed by atoms with Gasteiger partial charge in [0.25, 0.3) is 0 Å². The zero-order chi connectivity index (χ0) is 20.9. The lowest BCUT2D eigenvalue weighted by atomic mass is 9.81. The van der Waals surface area contributed by atoms with Crippen LogP contribution in [0.2, 0.25) is 0 Å². The van der Waals surface area contributed by atoms with E-state index >= 15 is 0 Å². The van der Waals surface area contributed by atoms with Crippen molar-refractivity contribution < 1.29 is 10.2 Å². The minimum absolute atomic E-state index is 0.0425. The molecule has 0 saturated carbocycles.